The molecule has 0 radical (unpaired) electrons. The summed E-state index contributed by atoms with van der Waals surface area (Å²) in [6.07, 6.45) is 0. The number of aromatic nitrogens is 1. The number of hydrogen-bond acceptors (Lipinski definition) is 4. The van der Waals surface area contributed by atoms with Gasteiger partial charge in [-0.1, -0.05) is 39.8 Å². The molecule has 0 saturated heterocycles. The topological polar surface area (TPSA) is 41.3 Å². The van der Waals surface area contributed by atoms with Crippen LogP contribution in [0, 0.1) is 11.8 Å². The van der Waals surface area contributed by atoms with E-state index < -0.39 is 0 Å². The molecule has 1 aromatic heterocycles. The molecule has 4 nitrogen and oxygen atoms in total. The molecule has 1 aromatic rings. The van der Waals surface area contributed by atoms with Crippen molar-refractivity contribution in [2.24, 2.45) is 11.8 Å². The molecule has 0 aromatic carbocycles. The molecule has 110 valence electrons. The van der Waals surface area contributed by atoms with E-state index >= 15 is 0 Å². The fraction of sp³-hybridized carbons (Fsp3) is 0.800. The molecule has 0 bridgehead atoms. The Morgan fingerprint density at radius 1 is 1.21 bits per heavy atom. The number of nitrogens with zero attached hydrogens (tertiary/aromatic N) is 2. The molecule has 0 amide bonds. The molecule has 0 saturated carbocycles. The Morgan fingerprint density at radius 2 is 1.84 bits per heavy atom. The summed E-state index contributed by atoms with van der Waals surface area (Å²) in [7, 11) is 0. The van der Waals surface area contributed by atoms with E-state index in [9.17, 15) is 0 Å². The third kappa shape index (κ3) is 6.73. The first-order valence-corrected chi connectivity index (χ1v) is 7.38. The molecule has 0 atom stereocenters. The molecule has 0 fully saturated rings. The van der Waals surface area contributed by atoms with Crippen molar-refractivity contribution in [1.82, 2.24) is 15.4 Å². The van der Waals surface area contributed by atoms with Crippen molar-refractivity contribution in [3.63, 3.8) is 0 Å². The summed E-state index contributed by atoms with van der Waals surface area (Å²) < 4.78 is 5.42. The Kier molecular flexibility index (Phi) is 7.10. The van der Waals surface area contributed by atoms with Crippen LogP contribution in [-0.2, 0) is 13.1 Å². The van der Waals surface area contributed by atoms with Gasteiger partial charge in [-0.25, -0.2) is 0 Å². The van der Waals surface area contributed by atoms with Crippen molar-refractivity contribution in [2.45, 2.75) is 47.7 Å². The first-order chi connectivity index (χ1) is 9.01. The van der Waals surface area contributed by atoms with Crippen LogP contribution in [0.15, 0.2) is 10.6 Å². The van der Waals surface area contributed by atoms with E-state index in [4.69, 9.17) is 4.52 Å². The Hall–Kier alpha value is -0.870. The van der Waals surface area contributed by atoms with Crippen LogP contribution in [0.4, 0.5) is 0 Å². The lowest BCUT2D eigenvalue weighted by Gasteiger charge is -2.24. The quantitative estimate of drug-likeness (QED) is 0.747. The van der Waals surface area contributed by atoms with E-state index in [-0.39, 0.29) is 0 Å². The summed E-state index contributed by atoms with van der Waals surface area (Å²) in [6.45, 7) is 15.9. The standard InChI is InChI=1S/C15H29N3O/c1-6-16-8-14-7-15(19-17-14)11-18(9-12(2)3)10-13(4)5/h7,12-13,16H,6,8-11H2,1-5H3. The second kappa shape index (κ2) is 8.33. The van der Waals surface area contributed by atoms with Gasteiger partial charge in [0, 0.05) is 25.7 Å². The van der Waals surface area contributed by atoms with Gasteiger partial charge in [0.25, 0.3) is 0 Å². The molecule has 0 aliphatic carbocycles. The molecule has 0 unspecified atom stereocenters. The Labute approximate surface area is 117 Å². The zero-order chi connectivity index (χ0) is 14.3. The second-order valence-corrected chi connectivity index (χ2v) is 6.05. The van der Waals surface area contributed by atoms with Crippen LogP contribution in [0.25, 0.3) is 0 Å². The largest absolute Gasteiger partial charge is 0.360 e. The molecular weight excluding hydrogens is 238 g/mol. The molecular formula is C15H29N3O. The van der Waals surface area contributed by atoms with Gasteiger partial charge in [0.2, 0.25) is 0 Å². The van der Waals surface area contributed by atoms with E-state index in [0.29, 0.717) is 11.8 Å². The predicted molar refractivity (Wildman–Crippen MR) is 78.8 cm³/mol. The summed E-state index contributed by atoms with van der Waals surface area (Å²) in [5.41, 5.74) is 0.992. The highest BCUT2D eigenvalue weighted by Crippen LogP contribution is 2.11. The Bertz CT molecular complexity index is 337. The lowest BCUT2D eigenvalue weighted by Crippen LogP contribution is -2.30. The molecule has 19 heavy (non-hydrogen) atoms. The first-order valence-electron chi connectivity index (χ1n) is 7.38. The summed E-state index contributed by atoms with van der Waals surface area (Å²) in [4.78, 5) is 2.45. The average Bonchev–Trinajstić information content (AvgIpc) is 2.72. The van der Waals surface area contributed by atoms with Crippen molar-refractivity contribution < 1.29 is 4.52 Å². The normalized spacial score (nSPS) is 12.0. The van der Waals surface area contributed by atoms with Crippen LogP contribution in [-0.4, -0.2) is 29.7 Å². The van der Waals surface area contributed by atoms with Gasteiger partial charge in [-0.2, -0.15) is 0 Å². The zero-order valence-corrected chi connectivity index (χ0v) is 13.1. The van der Waals surface area contributed by atoms with E-state index in [0.717, 1.165) is 44.2 Å². The van der Waals surface area contributed by atoms with Crippen molar-refractivity contribution in [2.75, 3.05) is 19.6 Å². The van der Waals surface area contributed by atoms with Crippen LogP contribution in [0.5, 0.6) is 0 Å². The monoisotopic (exact) mass is 267 g/mol. The zero-order valence-electron chi connectivity index (χ0n) is 13.1. The lowest BCUT2D eigenvalue weighted by molar-refractivity contribution is 0.189. The molecule has 1 heterocycles. The van der Waals surface area contributed by atoms with Gasteiger partial charge in [0.1, 0.15) is 0 Å². The number of hydrogen-bond donors (Lipinski definition) is 1. The lowest BCUT2D eigenvalue weighted by atomic mass is 10.1. The highest BCUT2D eigenvalue weighted by Gasteiger charge is 2.13. The predicted octanol–water partition coefficient (Wildman–Crippen LogP) is 2.90. The van der Waals surface area contributed by atoms with E-state index in [1.807, 2.05) is 0 Å². The summed E-state index contributed by atoms with van der Waals surface area (Å²) in [5.74, 6) is 2.31. The van der Waals surface area contributed by atoms with Crippen molar-refractivity contribution in [3.8, 4) is 0 Å². The van der Waals surface area contributed by atoms with E-state index in [1.165, 1.54) is 0 Å². The third-order valence-electron chi connectivity index (χ3n) is 2.79. The highest BCUT2D eigenvalue weighted by atomic mass is 16.5. The SMILES string of the molecule is CCNCc1cc(CN(CC(C)C)CC(C)C)on1. The van der Waals surface area contributed by atoms with Gasteiger partial charge >= 0.3 is 0 Å². The Morgan fingerprint density at radius 3 is 2.37 bits per heavy atom. The van der Waals surface area contributed by atoms with Crippen LogP contribution in [0.1, 0.15) is 46.1 Å². The Balaban J connectivity index is 2.54. The van der Waals surface area contributed by atoms with Gasteiger partial charge < -0.3 is 9.84 Å². The van der Waals surface area contributed by atoms with Crippen LogP contribution in [0.2, 0.25) is 0 Å². The maximum atomic E-state index is 5.42. The van der Waals surface area contributed by atoms with Crippen LogP contribution >= 0.6 is 0 Å². The van der Waals surface area contributed by atoms with Crippen LogP contribution in [0.3, 0.4) is 0 Å². The van der Waals surface area contributed by atoms with Crippen molar-refractivity contribution in [1.29, 1.82) is 0 Å². The third-order valence-corrected chi connectivity index (χ3v) is 2.79. The number of nitrogens with one attached hydrogen (secondary N) is 1. The minimum atomic E-state index is 0.669. The van der Waals surface area contributed by atoms with E-state index in [2.05, 4.69) is 56.1 Å². The fourth-order valence-electron chi connectivity index (χ4n) is 2.22. The van der Waals surface area contributed by atoms with Crippen molar-refractivity contribution >= 4 is 0 Å². The smallest absolute Gasteiger partial charge is 0.151 e. The average molecular weight is 267 g/mol. The fourth-order valence-corrected chi connectivity index (χ4v) is 2.22. The maximum absolute atomic E-state index is 5.42. The summed E-state index contributed by atoms with van der Waals surface area (Å²) in [5, 5.41) is 7.36. The minimum Gasteiger partial charge on any atom is -0.360 e. The second-order valence-electron chi connectivity index (χ2n) is 6.05. The van der Waals surface area contributed by atoms with Gasteiger partial charge in [-0.05, 0) is 18.4 Å². The van der Waals surface area contributed by atoms with E-state index in [1.54, 1.807) is 0 Å². The van der Waals surface area contributed by atoms with Crippen molar-refractivity contribution in [3.05, 3.63) is 17.5 Å². The molecule has 4 heteroatoms. The van der Waals surface area contributed by atoms with Crippen LogP contribution < -0.4 is 5.32 Å². The summed E-state index contributed by atoms with van der Waals surface area (Å²) >= 11 is 0. The molecule has 0 aliphatic heterocycles. The van der Waals surface area contributed by atoms with Gasteiger partial charge in [0.15, 0.2) is 5.76 Å². The molecule has 0 spiro atoms. The minimum absolute atomic E-state index is 0.669. The first kappa shape index (κ1) is 16.2. The molecule has 1 N–H and O–H groups in total. The van der Waals surface area contributed by atoms with Gasteiger partial charge in [-0.15, -0.1) is 0 Å². The highest BCUT2D eigenvalue weighted by molar-refractivity contribution is 5.05. The number of rotatable bonds is 9. The molecule has 0 aliphatic rings. The maximum Gasteiger partial charge on any atom is 0.151 e. The van der Waals surface area contributed by atoms with Gasteiger partial charge in [-0.3, -0.25) is 4.90 Å². The molecule has 1 rings (SSSR count). The van der Waals surface area contributed by atoms with Gasteiger partial charge in [0.05, 0.1) is 12.2 Å². The summed E-state index contributed by atoms with van der Waals surface area (Å²) in [6, 6.07) is 2.07.